The zero-order valence-corrected chi connectivity index (χ0v) is 20.4. The van der Waals surface area contributed by atoms with Gasteiger partial charge in [0.25, 0.3) is 11.6 Å². The molecule has 34 heavy (non-hydrogen) atoms. The van der Waals surface area contributed by atoms with Gasteiger partial charge in [-0.2, -0.15) is 0 Å². The summed E-state index contributed by atoms with van der Waals surface area (Å²) in [4.78, 5) is 39.5. The molecule has 0 aromatic heterocycles. The van der Waals surface area contributed by atoms with Crippen molar-refractivity contribution in [3.8, 4) is 0 Å². The molecule has 8 nitrogen and oxygen atoms in total. The first-order chi connectivity index (χ1) is 16.2. The topological polar surface area (TPSA) is 102 Å². The molecule has 1 atom stereocenters. The molecule has 3 rings (SSSR count). The maximum atomic E-state index is 13.1. The largest absolute Gasteiger partial charge is 0.465 e. The summed E-state index contributed by atoms with van der Waals surface area (Å²) in [6, 6.07) is 12.0. The van der Waals surface area contributed by atoms with Crippen molar-refractivity contribution in [3.63, 3.8) is 0 Å². The fraction of sp³-hybridized carbons (Fsp3) is 0.360. The van der Waals surface area contributed by atoms with Gasteiger partial charge in [0.15, 0.2) is 0 Å². The summed E-state index contributed by atoms with van der Waals surface area (Å²) in [6.07, 6.45) is 0. The molecule has 0 saturated carbocycles. The number of ether oxygens (including phenoxy) is 1. The van der Waals surface area contributed by atoms with Gasteiger partial charge in [0, 0.05) is 36.2 Å². The lowest BCUT2D eigenvalue weighted by atomic mass is 10.0. The zero-order chi connectivity index (χ0) is 24.8. The van der Waals surface area contributed by atoms with Gasteiger partial charge in [0.2, 0.25) is 0 Å². The minimum atomic E-state index is -0.611. The molecule has 1 amide bonds. The molecular weight excluding hydrogens is 454 g/mol. The van der Waals surface area contributed by atoms with Crippen LogP contribution >= 0.6 is 11.8 Å². The first-order valence-corrected chi connectivity index (χ1v) is 12.0. The summed E-state index contributed by atoms with van der Waals surface area (Å²) < 4.78 is 5.04. The highest BCUT2D eigenvalue weighted by Gasteiger charge is 2.30. The summed E-state index contributed by atoms with van der Waals surface area (Å²) in [6.45, 7) is 11.0. The van der Waals surface area contributed by atoms with Crippen LogP contribution in [0.15, 0.2) is 58.8 Å². The molecular formula is C25H29N3O5S. The van der Waals surface area contributed by atoms with Gasteiger partial charge in [-0.3, -0.25) is 19.7 Å². The van der Waals surface area contributed by atoms with Gasteiger partial charge >= 0.3 is 5.97 Å². The Labute approximate surface area is 203 Å². The number of carbonyl (C=O) groups is 2. The van der Waals surface area contributed by atoms with Crippen LogP contribution in [-0.4, -0.2) is 54.0 Å². The predicted molar refractivity (Wildman–Crippen MR) is 132 cm³/mol. The van der Waals surface area contributed by atoms with Crippen LogP contribution in [0.3, 0.4) is 0 Å². The Morgan fingerprint density at radius 1 is 1.26 bits per heavy atom. The maximum Gasteiger partial charge on any atom is 0.324 e. The van der Waals surface area contributed by atoms with Crippen LogP contribution in [0.5, 0.6) is 0 Å². The predicted octanol–water partition coefficient (Wildman–Crippen LogP) is 4.25. The van der Waals surface area contributed by atoms with Crippen molar-refractivity contribution < 1.29 is 19.2 Å². The van der Waals surface area contributed by atoms with Gasteiger partial charge in [-0.25, -0.2) is 0 Å². The summed E-state index contributed by atoms with van der Waals surface area (Å²) in [7, 11) is 0. The number of esters is 1. The van der Waals surface area contributed by atoms with Crippen LogP contribution < -0.4 is 5.32 Å². The molecule has 0 aliphatic carbocycles. The van der Waals surface area contributed by atoms with Crippen LogP contribution in [0.1, 0.15) is 37.8 Å². The van der Waals surface area contributed by atoms with Crippen molar-refractivity contribution in [3.05, 3.63) is 70.3 Å². The van der Waals surface area contributed by atoms with E-state index in [1.165, 1.54) is 22.7 Å². The number of amides is 1. The number of benzene rings is 2. The molecule has 0 spiro atoms. The first kappa shape index (κ1) is 25.5. The third-order valence-corrected chi connectivity index (χ3v) is 6.71. The van der Waals surface area contributed by atoms with Gasteiger partial charge in [0.1, 0.15) is 6.04 Å². The third kappa shape index (κ3) is 5.84. The van der Waals surface area contributed by atoms with E-state index in [1.807, 2.05) is 24.3 Å². The molecule has 1 heterocycles. The first-order valence-electron chi connectivity index (χ1n) is 11.2. The van der Waals surface area contributed by atoms with Crippen molar-refractivity contribution in [1.82, 2.24) is 10.2 Å². The normalized spacial score (nSPS) is 15.8. The Bertz CT molecular complexity index is 1100. The molecule has 2 aromatic carbocycles. The number of hydrogen-bond acceptors (Lipinski definition) is 7. The van der Waals surface area contributed by atoms with E-state index in [9.17, 15) is 19.7 Å². The summed E-state index contributed by atoms with van der Waals surface area (Å²) >= 11 is 1.34. The number of piperazine rings is 1. The number of nitro groups is 1. The Morgan fingerprint density at radius 3 is 2.68 bits per heavy atom. The third-order valence-electron chi connectivity index (χ3n) is 5.56. The fourth-order valence-electron chi connectivity index (χ4n) is 3.75. The highest BCUT2D eigenvalue weighted by Crippen LogP contribution is 2.39. The van der Waals surface area contributed by atoms with E-state index in [0.717, 1.165) is 10.5 Å². The lowest BCUT2D eigenvalue weighted by Gasteiger charge is -2.32. The summed E-state index contributed by atoms with van der Waals surface area (Å²) in [5.41, 5.74) is 1.55. The minimum absolute atomic E-state index is 0.0836. The minimum Gasteiger partial charge on any atom is -0.465 e. The Hall–Kier alpha value is -3.17. The number of rotatable bonds is 8. The molecule has 9 heteroatoms. The zero-order valence-electron chi connectivity index (χ0n) is 19.6. The average Bonchev–Trinajstić information content (AvgIpc) is 2.83. The molecule has 0 radical (unpaired) electrons. The Balaban J connectivity index is 1.82. The molecule has 1 fully saturated rings. The second kappa shape index (κ2) is 11.3. The monoisotopic (exact) mass is 483 g/mol. The van der Waals surface area contributed by atoms with Crippen LogP contribution in [0.2, 0.25) is 0 Å². The molecule has 1 saturated heterocycles. The number of nitrogens with zero attached hydrogens (tertiary/aromatic N) is 2. The van der Waals surface area contributed by atoms with Gasteiger partial charge in [-0.05, 0) is 36.1 Å². The number of nitro benzene ring substituents is 1. The van der Waals surface area contributed by atoms with E-state index in [-0.39, 0.29) is 36.2 Å². The average molecular weight is 484 g/mol. The molecule has 2 aromatic rings. The fourth-order valence-corrected chi connectivity index (χ4v) is 4.93. The SMILES string of the molecule is C=C(C(=O)N1CCNC(C(=O)OCC)C1)c1ccc(Sc2ccccc2C(C)C)c([N+](=O)[O-])c1. The Morgan fingerprint density at radius 2 is 2.00 bits per heavy atom. The maximum absolute atomic E-state index is 13.1. The van der Waals surface area contributed by atoms with E-state index in [2.05, 4.69) is 25.7 Å². The lowest BCUT2D eigenvalue weighted by Crippen LogP contribution is -2.56. The smallest absolute Gasteiger partial charge is 0.324 e. The molecule has 180 valence electrons. The van der Waals surface area contributed by atoms with Crippen molar-refractivity contribution in [2.24, 2.45) is 0 Å². The van der Waals surface area contributed by atoms with E-state index < -0.39 is 16.9 Å². The number of hydrogen-bond donors (Lipinski definition) is 1. The van der Waals surface area contributed by atoms with Gasteiger partial charge in [0.05, 0.1) is 16.4 Å². The van der Waals surface area contributed by atoms with Crippen LogP contribution in [0.25, 0.3) is 5.57 Å². The summed E-state index contributed by atoms with van der Waals surface area (Å²) in [5.74, 6) is -0.503. The molecule has 1 aliphatic rings. The van der Waals surface area contributed by atoms with E-state index in [1.54, 1.807) is 19.1 Å². The Kier molecular flexibility index (Phi) is 8.46. The standard InChI is InChI=1S/C25H29N3O5S/c1-5-33-25(30)20-15-27(13-12-26-20)24(29)17(4)18-10-11-23(21(14-18)28(31)32)34-22-9-7-6-8-19(22)16(2)3/h6-11,14,16,20,26H,4-5,12-13,15H2,1-3H3. The number of carbonyl (C=O) groups excluding carboxylic acids is 2. The van der Waals surface area contributed by atoms with Crippen LogP contribution in [0, 0.1) is 10.1 Å². The second-order valence-corrected chi connectivity index (χ2v) is 9.31. The van der Waals surface area contributed by atoms with Gasteiger partial charge in [-0.15, -0.1) is 0 Å². The van der Waals surface area contributed by atoms with E-state index in [0.29, 0.717) is 23.5 Å². The highest BCUT2D eigenvalue weighted by atomic mass is 32.2. The van der Waals surface area contributed by atoms with Gasteiger partial charge < -0.3 is 15.0 Å². The molecule has 1 N–H and O–H groups in total. The van der Waals surface area contributed by atoms with E-state index in [4.69, 9.17) is 4.74 Å². The van der Waals surface area contributed by atoms with Crippen molar-refractivity contribution >= 4 is 34.9 Å². The highest BCUT2D eigenvalue weighted by molar-refractivity contribution is 7.99. The van der Waals surface area contributed by atoms with Crippen molar-refractivity contribution in [1.29, 1.82) is 0 Å². The molecule has 1 aliphatic heterocycles. The lowest BCUT2D eigenvalue weighted by molar-refractivity contribution is -0.387. The second-order valence-electron chi connectivity index (χ2n) is 8.22. The molecule has 0 bridgehead atoms. The van der Waals surface area contributed by atoms with Gasteiger partial charge in [-0.1, -0.05) is 56.5 Å². The van der Waals surface area contributed by atoms with E-state index >= 15 is 0 Å². The van der Waals surface area contributed by atoms with Crippen molar-refractivity contribution in [2.75, 3.05) is 26.2 Å². The quantitative estimate of drug-likeness (QED) is 0.259. The van der Waals surface area contributed by atoms with Crippen LogP contribution in [0.4, 0.5) is 5.69 Å². The summed E-state index contributed by atoms with van der Waals surface area (Å²) in [5, 5.41) is 14.9. The van der Waals surface area contributed by atoms with Crippen LogP contribution in [-0.2, 0) is 14.3 Å². The number of nitrogens with one attached hydrogen (secondary N) is 1. The molecule has 1 unspecified atom stereocenters. The van der Waals surface area contributed by atoms with Crippen molar-refractivity contribution in [2.45, 2.75) is 42.5 Å².